The molecule has 1 rings (SSSR count). The second-order valence-corrected chi connectivity index (χ2v) is 1.67. The van der Waals surface area contributed by atoms with Crippen molar-refractivity contribution in [2.75, 3.05) is 7.11 Å². The topological polar surface area (TPSA) is 45.9 Å². The quantitative estimate of drug-likeness (QED) is 0.640. The van der Waals surface area contributed by atoms with Gasteiger partial charge in [-0.3, -0.25) is 0 Å². The molecule has 4 heteroatoms. The summed E-state index contributed by atoms with van der Waals surface area (Å²) in [5, 5.41) is 8.46. The van der Waals surface area contributed by atoms with E-state index in [0.29, 0.717) is 11.4 Å². The Kier molecular flexibility index (Phi) is 4.01. The van der Waals surface area contributed by atoms with Crippen LogP contribution in [0.4, 0.5) is 0 Å². The summed E-state index contributed by atoms with van der Waals surface area (Å²) >= 11 is 0. The molecular weight excluding hydrogens is 164 g/mol. The molecule has 1 heterocycles. The molecule has 0 N–H and O–H groups in total. The minimum absolute atomic E-state index is 0. The SMILES string of the molecule is COc1cccnc1C#N.Cl. The van der Waals surface area contributed by atoms with Gasteiger partial charge in [-0.05, 0) is 12.1 Å². The van der Waals surface area contributed by atoms with Gasteiger partial charge in [0.25, 0.3) is 0 Å². The Bertz CT molecular complexity index is 269. The van der Waals surface area contributed by atoms with Crippen LogP contribution in [0.5, 0.6) is 5.75 Å². The number of rotatable bonds is 1. The highest BCUT2D eigenvalue weighted by Gasteiger charge is 1.98. The van der Waals surface area contributed by atoms with Gasteiger partial charge in [-0.1, -0.05) is 0 Å². The third-order valence-electron chi connectivity index (χ3n) is 1.10. The van der Waals surface area contributed by atoms with E-state index in [4.69, 9.17) is 10.00 Å². The molecule has 3 nitrogen and oxygen atoms in total. The Morgan fingerprint density at radius 3 is 2.82 bits per heavy atom. The monoisotopic (exact) mass is 170 g/mol. The van der Waals surface area contributed by atoms with E-state index in [9.17, 15) is 0 Å². The number of nitrogens with zero attached hydrogens (tertiary/aromatic N) is 2. The van der Waals surface area contributed by atoms with Crippen LogP contribution < -0.4 is 4.74 Å². The highest BCUT2D eigenvalue weighted by Crippen LogP contribution is 2.11. The fourth-order valence-corrected chi connectivity index (χ4v) is 0.639. The van der Waals surface area contributed by atoms with Crippen molar-refractivity contribution in [1.82, 2.24) is 4.98 Å². The van der Waals surface area contributed by atoms with Gasteiger partial charge in [0.15, 0.2) is 11.4 Å². The van der Waals surface area contributed by atoms with Crippen LogP contribution in [0.2, 0.25) is 0 Å². The zero-order valence-corrected chi connectivity index (χ0v) is 6.76. The van der Waals surface area contributed by atoms with Crippen LogP contribution in [0.15, 0.2) is 18.3 Å². The number of hydrogen-bond acceptors (Lipinski definition) is 3. The lowest BCUT2D eigenvalue weighted by Gasteiger charge is -1.97. The molecule has 0 saturated carbocycles. The van der Waals surface area contributed by atoms with Gasteiger partial charge in [0, 0.05) is 6.20 Å². The molecule has 1 aromatic rings. The Morgan fingerprint density at radius 2 is 2.36 bits per heavy atom. The molecule has 58 valence electrons. The molecule has 0 aromatic carbocycles. The maximum Gasteiger partial charge on any atom is 0.182 e. The van der Waals surface area contributed by atoms with Crippen LogP contribution in [-0.2, 0) is 0 Å². The minimum Gasteiger partial charge on any atom is -0.494 e. The van der Waals surface area contributed by atoms with Gasteiger partial charge in [-0.2, -0.15) is 5.26 Å². The third-order valence-corrected chi connectivity index (χ3v) is 1.10. The van der Waals surface area contributed by atoms with Crippen molar-refractivity contribution in [2.24, 2.45) is 0 Å². The molecular formula is C7H7ClN2O. The Hall–Kier alpha value is -1.27. The van der Waals surface area contributed by atoms with Gasteiger partial charge in [0.2, 0.25) is 0 Å². The maximum atomic E-state index is 8.46. The van der Waals surface area contributed by atoms with E-state index < -0.39 is 0 Å². The summed E-state index contributed by atoms with van der Waals surface area (Å²) in [4.78, 5) is 3.78. The lowest BCUT2D eigenvalue weighted by molar-refractivity contribution is 0.411. The summed E-state index contributed by atoms with van der Waals surface area (Å²) in [5.74, 6) is 0.519. The largest absolute Gasteiger partial charge is 0.494 e. The Morgan fingerprint density at radius 1 is 1.64 bits per heavy atom. The molecule has 0 radical (unpaired) electrons. The van der Waals surface area contributed by atoms with Crippen LogP contribution >= 0.6 is 12.4 Å². The molecule has 0 fully saturated rings. The number of ether oxygens (including phenoxy) is 1. The maximum absolute atomic E-state index is 8.46. The first kappa shape index (κ1) is 9.73. The van der Waals surface area contributed by atoms with E-state index in [-0.39, 0.29) is 12.4 Å². The zero-order valence-electron chi connectivity index (χ0n) is 5.94. The summed E-state index contributed by atoms with van der Waals surface area (Å²) in [7, 11) is 1.51. The Balaban J connectivity index is 0.000001000. The summed E-state index contributed by atoms with van der Waals surface area (Å²) in [6, 6.07) is 5.33. The van der Waals surface area contributed by atoms with Gasteiger partial charge in [0.05, 0.1) is 7.11 Å². The van der Waals surface area contributed by atoms with Gasteiger partial charge in [-0.15, -0.1) is 12.4 Å². The van der Waals surface area contributed by atoms with Crippen molar-refractivity contribution in [3.8, 4) is 11.8 Å². The number of methoxy groups -OCH3 is 1. The van der Waals surface area contributed by atoms with Gasteiger partial charge < -0.3 is 4.74 Å². The standard InChI is InChI=1S/C7H6N2O.ClH/c1-10-7-3-2-4-9-6(7)5-8;/h2-4H,1H3;1H. The lowest BCUT2D eigenvalue weighted by Crippen LogP contribution is -1.89. The normalized spacial score (nSPS) is 7.64. The van der Waals surface area contributed by atoms with E-state index in [1.165, 1.54) is 7.11 Å². The van der Waals surface area contributed by atoms with Crippen LogP contribution in [0.3, 0.4) is 0 Å². The first-order valence-electron chi connectivity index (χ1n) is 2.77. The van der Waals surface area contributed by atoms with Crippen LogP contribution in [0.1, 0.15) is 5.69 Å². The van der Waals surface area contributed by atoms with Crippen molar-refractivity contribution >= 4 is 12.4 Å². The molecule has 11 heavy (non-hydrogen) atoms. The molecule has 0 aliphatic carbocycles. The van der Waals surface area contributed by atoms with Crippen molar-refractivity contribution in [1.29, 1.82) is 5.26 Å². The summed E-state index contributed by atoms with van der Waals surface area (Å²) < 4.78 is 4.85. The molecule has 0 saturated heterocycles. The highest BCUT2D eigenvalue weighted by atomic mass is 35.5. The Labute approximate surface area is 71.0 Å². The molecule has 0 aliphatic rings. The van der Waals surface area contributed by atoms with E-state index in [1.54, 1.807) is 18.3 Å². The minimum atomic E-state index is 0. The molecule has 1 aromatic heterocycles. The lowest BCUT2D eigenvalue weighted by atomic mass is 10.3. The molecule has 0 aliphatic heterocycles. The zero-order chi connectivity index (χ0) is 7.40. The smallest absolute Gasteiger partial charge is 0.182 e. The van der Waals surface area contributed by atoms with E-state index in [2.05, 4.69) is 4.98 Å². The first-order chi connectivity index (χ1) is 4.88. The number of hydrogen-bond donors (Lipinski definition) is 0. The summed E-state index contributed by atoms with van der Waals surface area (Å²) in [6.45, 7) is 0. The number of halogens is 1. The molecule has 0 amide bonds. The average Bonchev–Trinajstić information content (AvgIpc) is 2.04. The molecule has 0 bridgehead atoms. The fourth-order valence-electron chi connectivity index (χ4n) is 0.639. The van der Waals surface area contributed by atoms with Crippen molar-refractivity contribution in [3.05, 3.63) is 24.0 Å². The van der Waals surface area contributed by atoms with E-state index >= 15 is 0 Å². The van der Waals surface area contributed by atoms with E-state index in [0.717, 1.165) is 0 Å². The van der Waals surface area contributed by atoms with Gasteiger partial charge in [0.1, 0.15) is 6.07 Å². The predicted octanol–water partition coefficient (Wildman–Crippen LogP) is 1.38. The van der Waals surface area contributed by atoms with E-state index in [1.807, 2.05) is 6.07 Å². The second-order valence-electron chi connectivity index (χ2n) is 1.67. The van der Waals surface area contributed by atoms with Crippen molar-refractivity contribution in [3.63, 3.8) is 0 Å². The molecule has 0 atom stereocenters. The molecule has 0 unspecified atom stereocenters. The summed E-state index contributed by atoms with van der Waals surface area (Å²) in [6.07, 6.45) is 1.56. The van der Waals surface area contributed by atoms with Crippen LogP contribution in [0, 0.1) is 11.3 Å². The van der Waals surface area contributed by atoms with Crippen molar-refractivity contribution in [2.45, 2.75) is 0 Å². The summed E-state index contributed by atoms with van der Waals surface area (Å²) in [5.41, 5.74) is 0.324. The fraction of sp³-hybridized carbons (Fsp3) is 0.143. The van der Waals surface area contributed by atoms with Crippen LogP contribution in [-0.4, -0.2) is 12.1 Å². The third kappa shape index (κ3) is 2.10. The van der Waals surface area contributed by atoms with Gasteiger partial charge >= 0.3 is 0 Å². The average molecular weight is 171 g/mol. The number of pyridine rings is 1. The van der Waals surface area contributed by atoms with Gasteiger partial charge in [-0.25, -0.2) is 4.98 Å². The number of nitriles is 1. The number of aromatic nitrogens is 1. The second kappa shape index (κ2) is 4.53. The van der Waals surface area contributed by atoms with Crippen LogP contribution in [0.25, 0.3) is 0 Å². The molecule has 0 spiro atoms. The first-order valence-corrected chi connectivity index (χ1v) is 2.77. The highest BCUT2D eigenvalue weighted by molar-refractivity contribution is 5.85. The predicted molar refractivity (Wildman–Crippen MR) is 42.8 cm³/mol. The van der Waals surface area contributed by atoms with Crippen molar-refractivity contribution < 1.29 is 4.74 Å².